The van der Waals surface area contributed by atoms with E-state index in [-0.39, 0.29) is 0 Å². The zero-order valence-electron chi connectivity index (χ0n) is 5.55. The third kappa shape index (κ3) is 4.47. The van der Waals surface area contributed by atoms with Crippen molar-refractivity contribution in [3.8, 4) is 0 Å². The molecule has 0 amide bonds. The second-order valence-electron chi connectivity index (χ2n) is 1.84. The highest BCUT2D eigenvalue weighted by molar-refractivity contribution is 7.80. The lowest BCUT2D eigenvalue weighted by Gasteiger charge is -2.04. The molecule has 0 aromatic carbocycles. The first kappa shape index (κ1) is 8.31. The van der Waals surface area contributed by atoms with Gasteiger partial charge in [0.25, 0.3) is 0 Å². The second kappa shape index (κ2) is 5.45. The number of methoxy groups -OCH3 is 1. The molecule has 0 aromatic heterocycles. The molecule has 50 valence electrons. The van der Waals surface area contributed by atoms with Crippen LogP contribution in [-0.2, 0) is 4.74 Å². The van der Waals surface area contributed by atoms with Crippen molar-refractivity contribution in [1.29, 1.82) is 0 Å². The highest BCUT2D eigenvalue weighted by atomic mass is 32.1. The Morgan fingerprint density at radius 1 is 1.62 bits per heavy atom. The van der Waals surface area contributed by atoms with Crippen LogP contribution in [0.5, 0.6) is 0 Å². The summed E-state index contributed by atoms with van der Waals surface area (Å²) in [7, 11) is 1.72. The summed E-state index contributed by atoms with van der Waals surface area (Å²) in [4.78, 5) is 0. The molecule has 2 heteroatoms. The third-order valence-corrected chi connectivity index (χ3v) is 1.75. The number of hydrogen-bond donors (Lipinski definition) is 1. The van der Waals surface area contributed by atoms with E-state index < -0.39 is 0 Å². The van der Waals surface area contributed by atoms with Crippen LogP contribution in [0.1, 0.15) is 19.8 Å². The maximum atomic E-state index is 4.87. The van der Waals surface area contributed by atoms with E-state index >= 15 is 0 Å². The van der Waals surface area contributed by atoms with Crippen LogP contribution in [0.3, 0.4) is 0 Å². The highest BCUT2D eigenvalue weighted by Crippen LogP contribution is 2.04. The Labute approximate surface area is 56.8 Å². The predicted octanol–water partition coefficient (Wildman–Crippen LogP) is 1.73. The summed E-state index contributed by atoms with van der Waals surface area (Å²) in [6, 6.07) is 0. The molecular weight excluding hydrogens is 120 g/mol. The SMILES string of the molecule is CCC(S)CCOC. The molecule has 0 radical (unpaired) electrons. The molecule has 8 heavy (non-hydrogen) atoms. The van der Waals surface area contributed by atoms with Crippen LogP contribution in [0.15, 0.2) is 0 Å². The second-order valence-corrected chi connectivity index (χ2v) is 2.57. The summed E-state index contributed by atoms with van der Waals surface area (Å²) in [5, 5.41) is 0.523. The van der Waals surface area contributed by atoms with Gasteiger partial charge in [0.15, 0.2) is 0 Å². The van der Waals surface area contributed by atoms with Gasteiger partial charge < -0.3 is 4.74 Å². The standard InChI is InChI=1S/C6H14OS/c1-3-6(8)4-5-7-2/h6,8H,3-5H2,1-2H3. The molecule has 0 spiro atoms. The minimum atomic E-state index is 0.523. The molecule has 0 rings (SSSR count). The van der Waals surface area contributed by atoms with Crippen molar-refractivity contribution in [2.75, 3.05) is 13.7 Å². The predicted molar refractivity (Wildman–Crippen MR) is 39.6 cm³/mol. The van der Waals surface area contributed by atoms with E-state index in [4.69, 9.17) is 4.74 Å². The molecule has 0 aliphatic rings. The van der Waals surface area contributed by atoms with Gasteiger partial charge in [-0.05, 0) is 12.8 Å². The maximum absolute atomic E-state index is 4.87. The van der Waals surface area contributed by atoms with Crippen molar-refractivity contribution in [2.45, 2.75) is 25.0 Å². The Bertz CT molecular complexity index is 47.8. The summed E-state index contributed by atoms with van der Waals surface area (Å²) in [6.45, 7) is 2.97. The first-order valence-electron chi connectivity index (χ1n) is 2.98. The van der Waals surface area contributed by atoms with Crippen LogP contribution in [0.2, 0.25) is 0 Å². The Balaban J connectivity index is 2.86. The summed E-state index contributed by atoms with van der Waals surface area (Å²) < 4.78 is 4.87. The molecule has 0 aliphatic heterocycles. The third-order valence-electron chi connectivity index (χ3n) is 1.13. The van der Waals surface area contributed by atoms with Crippen LogP contribution in [0.25, 0.3) is 0 Å². The fourth-order valence-corrected chi connectivity index (χ4v) is 0.563. The van der Waals surface area contributed by atoms with Crippen molar-refractivity contribution in [1.82, 2.24) is 0 Å². The van der Waals surface area contributed by atoms with Crippen LogP contribution < -0.4 is 0 Å². The number of thiol groups is 1. The van der Waals surface area contributed by atoms with E-state index in [1.54, 1.807) is 7.11 Å². The lowest BCUT2D eigenvalue weighted by atomic mass is 10.2. The van der Waals surface area contributed by atoms with Crippen molar-refractivity contribution >= 4 is 12.6 Å². The van der Waals surface area contributed by atoms with Gasteiger partial charge in [-0.2, -0.15) is 12.6 Å². The molecule has 0 aliphatic carbocycles. The first-order valence-corrected chi connectivity index (χ1v) is 3.50. The summed E-state index contributed by atoms with van der Waals surface area (Å²) in [5.41, 5.74) is 0. The summed E-state index contributed by atoms with van der Waals surface area (Å²) in [6.07, 6.45) is 2.20. The lowest BCUT2D eigenvalue weighted by Crippen LogP contribution is -2.00. The summed E-state index contributed by atoms with van der Waals surface area (Å²) >= 11 is 4.28. The average molecular weight is 134 g/mol. The van der Waals surface area contributed by atoms with E-state index in [9.17, 15) is 0 Å². The maximum Gasteiger partial charge on any atom is 0.0472 e. The van der Waals surface area contributed by atoms with E-state index in [1.807, 2.05) is 0 Å². The lowest BCUT2D eigenvalue weighted by molar-refractivity contribution is 0.194. The van der Waals surface area contributed by atoms with Gasteiger partial charge in [0.05, 0.1) is 0 Å². The van der Waals surface area contributed by atoms with E-state index in [0.29, 0.717) is 5.25 Å². The molecule has 1 atom stereocenters. The Hall–Kier alpha value is 0.310. The van der Waals surface area contributed by atoms with Gasteiger partial charge in [-0.25, -0.2) is 0 Å². The van der Waals surface area contributed by atoms with Gasteiger partial charge in [0.2, 0.25) is 0 Å². The molecule has 1 nitrogen and oxygen atoms in total. The van der Waals surface area contributed by atoms with E-state index in [0.717, 1.165) is 19.4 Å². The van der Waals surface area contributed by atoms with Gasteiger partial charge in [-0.3, -0.25) is 0 Å². The molecule has 0 N–H and O–H groups in total. The number of ether oxygens (including phenoxy) is 1. The van der Waals surface area contributed by atoms with Crippen LogP contribution in [0.4, 0.5) is 0 Å². The topological polar surface area (TPSA) is 9.23 Å². The molecular formula is C6H14OS. The van der Waals surface area contributed by atoms with Crippen molar-refractivity contribution in [3.05, 3.63) is 0 Å². The summed E-state index contributed by atoms with van der Waals surface area (Å²) in [5.74, 6) is 0. The molecule has 0 bridgehead atoms. The van der Waals surface area contributed by atoms with Gasteiger partial charge in [0.1, 0.15) is 0 Å². The Kier molecular flexibility index (Phi) is 5.66. The quantitative estimate of drug-likeness (QED) is 0.576. The van der Waals surface area contributed by atoms with Crippen molar-refractivity contribution in [3.63, 3.8) is 0 Å². The number of hydrogen-bond acceptors (Lipinski definition) is 2. The number of rotatable bonds is 4. The molecule has 1 unspecified atom stereocenters. The molecule has 0 saturated carbocycles. The first-order chi connectivity index (χ1) is 3.81. The molecule has 0 heterocycles. The molecule has 0 aromatic rings. The Morgan fingerprint density at radius 3 is 2.62 bits per heavy atom. The van der Waals surface area contributed by atoms with Crippen molar-refractivity contribution in [2.24, 2.45) is 0 Å². The smallest absolute Gasteiger partial charge is 0.0472 e. The average Bonchev–Trinajstić information content (AvgIpc) is 1.83. The van der Waals surface area contributed by atoms with E-state index in [1.165, 1.54) is 0 Å². The Morgan fingerprint density at radius 2 is 2.25 bits per heavy atom. The highest BCUT2D eigenvalue weighted by Gasteiger charge is 1.96. The van der Waals surface area contributed by atoms with Crippen LogP contribution in [0, 0.1) is 0 Å². The largest absolute Gasteiger partial charge is 0.385 e. The fourth-order valence-electron chi connectivity index (χ4n) is 0.458. The van der Waals surface area contributed by atoms with Crippen molar-refractivity contribution < 1.29 is 4.74 Å². The van der Waals surface area contributed by atoms with Gasteiger partial charge in [0, 0.05) is 19.0 Å². The minimum Gasteiger partial charge on any atom is -0.385 e. The van der Waals surface area contributed by atoms with Gasteiger partial charge in [-0.15, -0.1) is 0 Å². The van der Waals surface area contributed by atoms with E-state index in [2.05, 4.69) is 19.6 Å². The molecule has 0 saturated heterocycles. The fraction of sp³-hybridized carbons (Fsp3) is 1.00. The normalized spacial score (nSPS) is 13.9. The van der Waals surface area contributed by atoms with Gasteiger partial charge in [-0.1, -0.05) is 6.92 Å². The van der Waals surface area contributed by atoms with Crippen LogP contribution in [-0.4, -0.2) is 19.0 Å². The zero-order valence-corrected chi connectivity index (χ0v) is 6.45. The minimum absolute atomic E-state index is 0.523. The van der Waals surface area contributed by atoms with Crippen LogP contribution >= 0.6 is 12.6 Å². The zero-order chi connectivity index (χ0) is 6.41. The molecule has 0 fully saturated rings. The monoisotopic (exact) mass is 134 g/mol. The van der Waals surface area contributed by atoms with Gasteiger partial charge >= 0.3 is 0 Å².